The summed E-state index contributed by atoms with van der Waals surface area (Å²) in [5.74, 6) is 0.752. The molecule has 0 saturated heterocycles. The normalized spacial score (nSPS) is 10.9. The van der Waals surface area contributed by atoms with Crippen LogP contribution in [0, 0.1) is 6.92 Å². The van der Waals surface area contributed by atoms with Crippen molar-refractivity contribution in [3.05, 3.63) is 66.0 Å². The van der Waals surface area contributed by atoms with Crippen molar-refractivity contribution < 1.29 is 19.1 Å². The van der Waals surface area contributed by atoms with Gasteiger partial charge in [-0.2, -0.15) is 0 Å². The molecule has 2 aromatic carbocycles. The van der Waals surface area contributed by atoms with Crippen molar-refractivity contribution in [2.75, 3.05) is 17.7 Å². The first-order valence-corrected chi connectivity index (χ1v) is 10.0. The lowest BCUT2D eigenvalue weighted by Gasteiger charge is -2.20. The molecular formula is C24H26N4O4. The molecule has 8 nitrogen and oxygen atoms in total. The average Bonchev–Trinajstić information content (AvgIpc) is 2.74. The van der Waals surface area contributed by atoms with E-state index in [0.717, 1.165) is 16.9 Å². The molecule has 0 bridgehead atoms. The molecule has 0 aliphatic rings. The van der Waals surface area contributed by atoms with E-state index in [1.54, 1.807) is 52.1 Å². The van der Waals surface area contributed by atoms with Crippen LogP contribution in [0.3, 0.4) is 0 Å². The van der Waals surface area contributed by atoms with E-state index in [4.69, 9.17) is 9.47 Å². The minimum absolute atomic E-state index is 0.352. The Balaban J connectivity index is 1.76. The van der Waals surface area contributed by atoms with Crippen molar-refractivity contribution in [3.8, 4) is 17.0 Å². The number of aromatic nitrogens is 2. The number of benzene rings is 2. The van der Waals surface area contributed by atoms with Crippen LogP contribution in [0.5, 0.6) is 5.75 Å². The van der Waals surface area contributed by atoms with E-state index in [-0.39, 0.29) is 5.91 Å². The standard InChI is InChI=1S/C24H26N4O4/c1-15-6-9-17(27-23(30)32-24(2,3)4)12-19(15)22(29)28-21-13-20(25-14-26-21)16-7-10-18(31-5)11-8-16/h6-14H,1-5H3,(H,27,30)(H,25,26,28,29). The zero-order valence-electron chi connectivity index (χ0n) is 18.7. The van der Waals surface area contributed by atoms with Gasteiger partial charge >= 0.3 is 6.09 Å². The van der Waals surface area contributed by atoms with E-state index in [1.807, 2.05) is 31.2 Å². The summed E-state index contributed by atoms with van der Waals surface area (Å²) in [6.45, 7) is 7.16. The second-order valence-corrected chi connectivity index (χ2v) is 8.13. The van der Waals surface area contributed by atoms with Crippen LogP contribution in [0.1, 0.15) is 36.7 Å². The maximum Gasteiger partial charge on any atom is 0.412 e. The molecule has 0 fully saturated rings. The number of nitrogens with one attached hydrogen (secondary N) is 2. The highest BCUT2D eigenvalue weighted by molar-refractivity contribution is 6.06. The summed E-state index contributed by atoms with van der Waals surface area (Å²) < 4.78 is 10.4. The molecule has 0 atom stereocenters. The fourth-order valence-electron chi connectivity index (χ4n) is 2.89. The van der Waals surface area contributed by atoms with E-state index in [1.165, 1.54) is 6.33 Å². The molecule has 0 radical (unpaired) electrons. The van der Waals surface area contributed by atoms with E-state index in [2.05, 4.69) is 20.6 Å². The number of methoxy groups -OCH3 is 1. The fourth-order valence-corrected chi connectivity index (χ4v) is 2.89. The highest BCUT2D eigenvalue weighted by atomic mass is 16.6. The monoisotopic (exact) mass is 434 g/mol. The zero-order valence-corrected chi connectivity index (χ0v) is 18.7. The first-order chi connectivity index (χ1) is 15.1. The molecule has 0 aliphatic carbocycles. The van der Waals surface area contributed by atoms with Crippen LogP contribution < -0.4 is 15.4 Å². The van der Waals surface area contributed by atoms with Crippen molar-refractivity contribution in [2.24, 2.45) is 0 Å². The molecule has 3 aromatic rings. The van der Waals surface area contributed by atoms with Crippen molar-refractivity contribution in [1.82, 2.24) is 9.97 Å². The quantitative estimate of drug-likeness (QED) is 0.582. The van der Waals surface area contributed by atoms with Crippen LogP contribution >= 0.6 is 0 Å². The van der Waals surface area contributed by atoms with Crippen molar-refractivity contribution >= 4 is 23.5 Å². The van der Waals surface area contributed by atoms with Gasteiger partial charge in [-0.25, -0.2) is 14.8 Å². The topological polar surface area (TPSA) is 102 Å². The average molecular weight is 434 g/mol. The molecule has 32 heavy (non-hydrogen) atoms. The molecule has 166 valence electrons. The number of anilines is 2. The Morgan fingerprint density at radius 3 is 2.31 bits per heavy atom. The predicted octanol–water partition coefficient (Wildman–Crippen LogP) is 5.06. The third-order valence-corrected chi connectivity index (χ3v) is 4.42. The number of hydrogen-bond donors (Lipinski definition) is 2. The largest absolute Gasteiger partial charge is 0.497 e. The minimum Gasteiger partial charge on any atom is -0.497 e. The second-order valence-electron chi connectivity index (χ2n) is 8.13. The Morgan fingerprint density at radius 1 is 0.938 bits per heavy atom. The number of carbonyl (C=O) groups is 2. The second kappa shape index (κ2) is 9.47. The summed E-state index contributed by atoms with van der Waals surface area (Å²) >= 11 is 0. The number of nitrogens with zero attached hydrogens (tertiary/aromatic N) is 2. The van der Waals surface area contributed by atoms with Crippen LogP contribution in [-0.2, 0) is 4.74 Å². The Labute approximate surface area is 187 Å². The lowest BCUT2D eigenvalue weighted by molar-refractivity contribution is 0.0635. The van der Waals surface area contributed by atoms with Gasteiger partial charge in [0.25, 0.3) is 5.91 Å². The number of amides is 2. The molecule has 0 saturated carbocycles. The maximum atomic E-state index is 12.9. The van der Waals surface area contributed by atoms with Gasteiger partial charge < -0.3 is 14.8 Å². The van der Waals surface area contributed by atoms with Crippen LogP contribution in [0.2, 0.25) is 0 Å². The maximum absolute atomic E-state index is 12.9. The Bertz CT molecular complexity index is 1120. The van der Waals surface area contributed by atoms with Gasteiger partial charge in [-0.1, -0.05) is 6.07 Å². The Morgan fingerprint density at radius 2 is 1.66 bits per heavy atom. The van der Waals surface area contributed by atoms with Crippen LogP contribution in [0.4, 0.5) is 16.3 Å². The summed E-state index contributed by atoms with van der Waals surface area (Å²) in [5, 5.41) is 5.44. The molecule has 1 aromatic heterocycles. The van der Waals surface area contributed by atoms with Gasteiger partial charge in [0, 0.05) is 22.9 Å². The lowest BCUT2D eigenvalue weighted by Crippen LogP contribution is -2.27. The lowest BCUT2D eigenvalue weighted by atomic mass is 10.1. The third kappa shape index (κ3) is 6.04. The van der Waals surface area contributed by atoms with E-state index < -0.39 is 11.7 Å². The highest BCUT2D eigenvalue weighted by Gasteiger charge is 2.17. The van der Waals surface area contributed by atoms with Gasteiger partial charge in [-0.3, -0.25) is 10.1 Å². The molecule has 8 heteroatoms. The molecule has 3 rings (SSSR count). The first kappa shape index (κ1) is 22.7. The molecule has 2 amide bonds. The number of rotatable bonds is 5. The van der Waals surface area contributed by atoms with E-state index in [9.17, 15) is 9.59 Å². The van der Waals surface area contributed by atoms with Gasteiger partial charge in [-0.05, 0) is 69.7 Å². The minimum atomic E-state index is -0.621. The molecule has 2 N–H and O–H groups in total. The van der Waals surface area contributed by atoms with Gasteiger partial charge in [0.2, 0.25) is 0 Å². The summed E-state index contributed by atoms with van der Waals surface area (Å²) in [7, 11) is 1.60. The number of hydrogen-bond acceptors (Lipinski definition) is 6. The van der Waals surface area contributed by atoms with Crippen LogP contribution in [0.15, 0.2) is 54.9 Å². The van der Waals surface area contributed by atoms with Crippen molar-refractivity contribution in [1.29, 1.82) is 0 Å². The van der Waals surface area contributed by atoms with Crippen LogP contribution in [-0.4, -0.2) is 34.7 Å². The van der Waals surface area contributed by atoms with Gasteiger partial charge in [0.05, 0.1) is 12.8 Å². The third-order valence-electron chi connectivity index (χ3n) is 4.42. The predicted molar refractivity (Wildman–Crippen MR) is 123 cm³/mol. The van der Waals surface area contributed by atoms with Gasteiger partial charge in [0.1, 0.15) is 23.5 Å². The van der Waals surface area contributed by atoms with Crippen molar-refractivity contribution in [2.45, 2.75) is 33.3 Å². The van der Waals surface area contributed by atoms with E-state index >= 15 is 0 Å². The first-order valence-electron chi connectivity index (χ1n) is 10.0. The molecular weight excluding hydrogens is 408 g/mol. The summed E-state index contributed by atoms with van der Waals surface area (Å²) in [6, 6.07) is 14.2. The molecule has 1 heterocycles. The highest BCUT2D eigenvalue weighted by Crippen LogP contribution is 2.23. The van der Waals surface area contributed by atoms with Gasteiger partial charge in [-0.15, -0.1) is 0 Å². The Hall–Kier alpha value is -3.94. The zero-order chi connectivity index (χ0) is 23.3. The SMILES string of the molecule is COc1ccc(-c2cc(NC(=O)c3cc(NC(=O)OC(C)(C)C)ccc3C)ncn2)cc1. The molecule has 0 aliphatic heterocycles. The molecule has 0 unspecified atom stereocenters. The number of aryl methyl sites for hydroxylation is 1. The summed E-state index contributed by atoms with van der Waals surface area (Å²) in [5.41, 5.74) is 2.52. The van der Waals surface area contributed by atoms with E-state index in [0.29, 0.717) is 22.8 Å². The number of ether oxygens (including phenoxy) is 2. The smallest absolute Gasteiger partial charge is 0.412 e. The summed E-state index contributed by atoms with van der Waals surface area (Å²) in [6.07, 6.45) is 0.801. The number of carbonyl (C=O) groups excluding carboxylic acids is 2. The molecule has 0 spiro atoms. The van der Waals surface area contributed by atoms with Crippen molar-refractivity contribution in [3.63, 3.8) is 0 Å². The summed E-state index contributed by atoms with van der Waals surface area (Å²) in [4.78, 5) is 33.4. The van der Waals surface area contributed by atoms with Gasteiger partial charge in [0.15, 0.2) is 0 Å². The Kier molecular flexibility index (Phi) is 6.73. The fraction of sp³-hybridized carbons (Fsp3) is 0.250. The van der Waals surface area contributed by atoms with Crippen LogP contribution in [0.25, 0.3) is 11.3 Å².